The Balaban J connectivity index is 2.59. The molecule has 1 aliphatic carbocycles. The minimum absolute atomic E-state index is 0.682. The van der Waals surface area contributed by atoms with Gasteiger partial charge < -0.3 is 9.84 Å². The largest absolute Gasteiger partial charge is 0.496 e. The van der Waals surface area contributed by atoms with Crippen molar-refractivity contribution in [3.05, 3.63) is 28.3 Å². The van der Waals surface area contributed by atoms with Crippen molar-refractivity contribution < 1.29 is 9.84 Å². The average Bonchev–Trinajstić information content (AvgIpc) is 2.89. The molecular formula is C11H13ClO2. The molecule has 1 aromatic rings. The van der Waals surface area contributed by atoms with Gasteiger partial charge in [0.15, 0.2) is 0 Å². The lowest BCUT2D eigenvalue weighted by atomic mass is 10.0. The van der Waals surface area contributed by atoms with Gasteiger partial charge in [0.2, 0.25) is 0 Å². The lowest BCUT2D eigenvalue weighted by Gasteiger charge is -2.17. The van der Waals surface area contributed by atoms with E-state index in [4.69, 9.17) is 16.3 Å². The van der Waals surface area contributed by atoms with Crippen LogP contribution in [0.15, 0.2) is 12.1 Å². The summed E-state index contributed by atoms with van der Waals surface area (Å²) >= 11 is 6.01. The molecule has 14 heavy (non-hydrogen) atoms. The van der Waals surface area contributed by atoms with Gasteiger partial charge in [-0.05, 0) is 37.5 Å². The van der Waals surface area contributed by atoms with Crippen molar-refractivity contribution in [3.63, 3.8) is 0 Å². The van der Waals surface area contributed by atoms with Crippen LogP contribution in [0.5, 0.6) is 5.75 Å². The van der Waals surface area contributed by atoms with Crippen LogP contribution in [0.3, 0.4) is 0 Å². The fourth-order valence-corrected chi connectivity index (χ4v) is 1.94. The van der Waals surface area contributed by atoms with Gasteiger partial charge in [0, 0.05) is 10.6 Å². The molecule has 2 nitrogen and oxygen atoms in total. The van der Waals surface area contributed by atoms with Gasteiger partial charge in [0.1, 0.15) is 5.75 Å². The molecular weight excluding hydrogens is 200 g/mol. The molecule has 1 aromatic carbocycles. The van der Waals surface area contributed by atoms with Crippen LogP contribution >= 0.6 is 11.6 Å². The highest BCUT2D eigenvalue weighted by Crippen LogP contribution is 2.51. The molecule has 0 radical (unpaired) electrons. The van der Waals surface area contributed by atoms with E-state index in [-0.39, 0.29) is 0 Å². The molecule has 0 atom stereocenters. The number of rotatable bonds is 2. The quantitative estimate of drug-likeness (QED) is 0.817. The Morgan fingerprint density at radius 3 is 2.57 bits per heavy atom. The first-order chi connectivity index (χ1) is 6.58. The van der Waals surface area contributed by atoms with E-state index in [1.54, 1.807) is 19.2 Å². The van der Waals surface area contributed by atoms with Crippen LogP contribution in [0.4, 0.5) is 0 Å². The Bertz CT molecular complexity index is 370. The number of hydrogen-bond acceptors (Lipinski definition) is 2. The van der Waals surface area contributed by atoms with Gasteiger partial charge in [-0.2, -0.15) is 0 Å². The van der Waals surface area contributed by atoms with Crippen molar-refractivity contribution in [2.45, 2.75) is 25.4 Å². The number of aliphatic hydroxyl groups is 1. The fraction of sp³-hybridized carbons (Fsp3) is 0.455. The van der Waals surface area contributed by atoms with Gasteiger partial charge >= 0.3 is 0 Å². The predicted octanol–water partition coefficient (Wildman–Crippen LogP) is 2.64. The molecule has 0 bridgehead atoms. The smallest absolute Gasteiger partial charge is 0.125 e. The Morgan fingerprint density at radius 2 is 2.07 bits per heavy atom. The van der Waals surface area contributed by atoms with Crippen molar-refractivity contribution in [3.8, 4) is 5.75 Å². The molecule has 76 valence electrons. The van der Waals surface area contributed by atoms with Gasteiger partial charge in [-0.1, -0.05) is 11.6 Å². The Hall–Kier alpha value is -0.730. The standard InChI is InChI=1S/C11H13ClO2/c1-7-8(12)3-4-9(14-2)10(7)11(13)5-6-11/h3-4,13H,5-6H2,1-2H3. The highest BCUT2D eigenvalue weighted by molar-refractivity contribution is 6.31. The first-order valence-electron chi connectivity index (χ1n) is 4.64. The second-order valence-electron chi connectivity index (χ2n) is 3.78. The third-order valence-corrected chi connectivity index (χ3v) is 3.18. The number of methoxy groups -OCH3 is 1. The molecule has 2 rings (SSSR count). The molecule has 0 aromatic heterocycles. The van der Waals surface area contributed by atoms with E-state index in [0.29, 0.717) is 5.02 Å². The molecule has 0 spiro atoms. The molecule has 0 heterocycles. The predicted molar refractivity (Wildman–Crippen MR) is 55.9 cm³/mol. The maximum atomic E-state index is 10.1. The normalized spacial score (nSPS) is 18.0. The monoisotopic (exact) mass is 212 g/mol. The van der Waals surface area contributed by atoms with E-state index in [0.717, 1.165) is 29.7 Å². The summed E-state index contributed by atoms with van der Waals surface area (Å²) in [4.78, 5) is 0. The molecule has 0 aliphatic heterocycles. The number of hydrogen-bond donors (Lipinski definition) is 1. The summed E-state index contributed by atoms with van der Waals surface area (Å²) in [7, 11) is 1.61. The highest BCUT2D eigenvalue weighted by atomic mass is 35.5. The molecule has 1 saturated carbocycles. The van der Waals surface area contributed by atoms with Crippen molar-refractivity contribution in [2.75, 3.05) is 7.11 Å². The van der Waals surface area contributed by atoms with Crippen LogP contribution < -0.4 is 4.74 Å². The van der Waals surface area contributed by atoms with Gasteiger partial charge in [-0.15, -0.1) is 0 Å². The lowest BCUT2D eigenvalue weighted by Crippen LogP contribution is -2.09. The Kier molecular flexibility index (Phi) is 2.20. The highest BCUT2D eigenvalue weighted by Gasteiger charge is 2.45. The minimum atomic E-state index is -0.694. The molecule has 1 N–H and O–H groups in total. The number of ether oxygens (including phenoxy) is 1. The second kappa shape index (κ2) is 3.14. The summed E-state index contributed by atoms with van der Waals surface area (Å²) in [5.74, 6) is 0.729. The van der Waals surface area contributed by atoms with Crippen LogP contribution in [-0.2, 0) is 5.60 Å². The Morgan fingerprint density at radius 1 is 1.43 bits per heavy atom. The van der Waals surface area contributed by atoms with Crippen LogP contribution in [0.2, 0.25) is 5.02 Å². The van der Waals surface area contributed by atoms with Crippen molar-refractivity contribution in [1.82, 2.24) is 0 Å². The van der Waals surface area contributed by atoms with Crippen LogP contribution in [-0.4, -0.2) is 12.2 Å². The molecule has 0 amide bonds. The van der Waals surface area contributed by atoms with E-state index in [2.05, 4.69) is 0 Å². The zero-order valence-corrected chi connectivity index (χ0v) is 9.06. The van der Waals surface area contributed by atoms with E-state index in [9.17, 15) is 5.11 Å². The maximum Gasteiger partial charge on any atom is 0.125 e. The summed E-state index contributed by atoms with van der Waals surface area (Å²) in [6.45, 7) is 1.91. The molecule has 0 unspecified atom stereocenters. The summed E-state index contributed by atoms with van der Waals surface area (Å²) in [6.07, 6.45) is 1.59. The maximum absolute atomic E-state index is 10.1. The van der Waals surface area contributed by atoms with E-state index < -0.39 is 5.60 Å². The Labute approximate surface area is 88.5 Å². The minimum Gasteiger partial charge on any atom is -0.496 e. The fourth-order valence-electron chi connectivity index (χ4n) is 1.78. The van der Waals surface area contributed by atoms with E-state index in [1.807, 2.05) is 6.92 Å². The van der Waals surface area contributed by atoms with E-state index >= 15 is 0 Å². The number of benzene rings is 1. The van der Waals surface area contributed by atoms with E-state index in [1.165, 1.54) is 0 Å². The van der Waals surface area contributed by atoms with Crippen molar-refractivity contribution in [1.29, 1.82) is 0 Å². The zero-order valence-electron chi connectivity index (χ0n) is 8.30. The van der Waals surface area contributed by atoms with Crippen molar-refractivity contribution >= 4 is 11.6 Å². The average molecular weight is 213 g/mol. The zero-order chi connectivity index (χ0) is 10.3. The van der Waals surface area contributed by atoms with Gasteiger partial charge in [-0.25, -0.2) is 0 Å². The molecule has 0 saturated heterocycles. The molecule has 1 aliphatic rings. The summed E-state index contributed by atoms with van der Waals surface area (Å²) in [5, 5.41) is 10.8. The SMILES string of the molecule is COc1ccc(Cl)c(C)c1C1(O)CC1. The topological polar surface area (TPSA) is 29.5 Å². The van der Waals surface area contributed by atoms with Gasteiger partial charge in [0.05, 0.1) is 12.7 Å². The van der Waals surface area contributed by atoms with Crippen molar-refractivity contribution in [2.24, 2.45) is 0 Å². The molecule has 1 fully saturated rings. The van der Waals surface area contributed by atoms with Crippen LogP contribution in [0, 0.1) is 6.92 Å². The van der Waals surface area contributed by atoms with Gasteiger partial charge in [0.25, 0.3) is 0 Å². The molecule has 3 heteroatoms. The first-order valence-corrected chi connectivity index (χ1v) is 5.02. The third-order valence-electron chi connectivity index (χ3n) is 2.77. The van der Waals surface area contributed by atoms with Crippen LogP contribution in [0.25, 0.3) is 0 Å². The first kappa shape index (κ1) is 9.81. The summed E-state index contributed by atoms with van der Waals surface area (Å²) < 4.78 is 5.23. The third kappa shape index (κ3) is 1.39. The second-order valence-corrected chi connectivity index (χ2v) is 4.19. The lowest BCUT2D eigenvalue weighted by molar-refractivity contribution is 0.146. The van der Waals surface area contributed by atoms with Gasteiger partial charge in [-0.3, -0.25) is 0 Å². The summed E-state index contributed by atoms with van der Waals surface area (Å²) in [5.41, 5.74) is 1.08. The summed E-state index contributed by atoms with van der Waals surface area (Å²) in [6, 6.07) is 3.60. The van der Waals surface area contributed by atoms with Crippen LogP contribution in [0.1, 0.15) is 24.0 Å². The number of halogens is 1.